The first-order chi connectivity index (χ1) is 13.4. The van der Waals surface area contributed by atoms with E-state index in [2.05, 4.69) is 23.7 Å². The second-order valence-corrected chi connectivity index (χ2v) is 6.36. The summed E-state index contributed by atoms with van der Waals surface area (Å²) in [7, 11) is 7.85. The van der Waals surface area contributed by atoms with Crippen LogP contribution in [0.3, 0.4) is 0 Å². The van der Waals surface area contributed by atoms with Crippen LogP contribution in [-0.2, 0) is 0 Å². The number of hydrogen-bond donors (Lipinski definition) is 0. The summed E-state index contributed by atoms with van der Waals surface area (Å²) in [6, 6.07) is 19.3. The Labute approximate surface area is 166 Å². The van der Waals surface area contributed by atoms with Gasteiger partial charge in [-0.25, -0.2) is 0 Å². The van der Waals surface area contributed by atoms with E-state index in [-0.39, 0.29) is 11.1 Å². The molecule has 0 unspecified atom stereocenters. The van der Waals surface area contributed by atoms with Crippen molar-refractivity contribution in [3.63, 3.8) is 0 Å². The Morgan fingerprint density at radius 1 is 0.607 bits per heavy atom. The normalized spacial score (nSPS) is 10.1. The highest BCUT2D eigenvalue weighted by atomic mass is 15.1. The maximum atomic E-state index is 9.38. The van der Waals surface area contributed by atoms with Gasteiger partial charge >= 0.3 is 0 Å². The summed E-state index contributed by atoms with van der Waals surface area (Å²) >= 11 is 0. The second-order valence-electron chi connectivity index (χ2n) is 6.36. The molecule has 0 aliphatic rings. The topological polar surface area (TPSA) is 54.1 Å². The third-order valence-corrected chi connectivity index (χ3v) is 3.90. The van der Waals surface area contributed by atoms with Crippen LogP contribution in [0.25, 0.3) is 0 Å². The summed E-state index contributed by atoms with van der Waals surface area (Å²) in [6.07, 6.45) is 0. The van der Waals surface area contributed by atoms with E-state index in [1.165, 1.54) is 0 Å². The summed E-state index contributed by atoms with van der Waals surface area (Å²) in [6.45, 7) is 0. The van der Waals surface area contributed by atoms with Gasteiger partial charge in [0.2, 0.25) is 0 Å². The van der Waals surface area contributed by atoms with Crippen LogP contribution < -0.4 is 9.80 Å². The first-order valence-corrected chi connectivity index (χ1v) is 8.58. The zero-order chi connectivity index (χ0) is 20.5. The minimum atomic E-state index is 0.0663. The van der Waals surface area contributed by atoms with E-state index in [1.807, 2.05) is 98.7 Å². The van der Waals surface area contributed by atoms with E-state index in [0.29, 0.717) is 0 Å². The van der Waals surface area contributed by atoms with E-state index >= 15 is 0 Å². The number of anilines is 2. The molecule has 0 bridgehead atoms. The van der Waals surface area contributed by atoms with Crippen LogP contribution >= 0.6 is 0 Å². The number of hydrogen-bond acceptors (Lipinski definition) is 4. The monoisotopic (exact) mass is 364 g/mol. The fraction of sp³-hybridized carbons (Fsp3) is 0.167. The van der Waals surface area contributed by atoms with Crippen molar-refractivity contribution in [2.24, 2.45) is 0 Å². The summed E-state index contributed by atoms with van der Waals surface area (Å²) in [5, 5.41) is 18.8. The second kappa shape index (κ2) is 9.54. The SMILES string of the molecule is CN(C)c1ccc(C#C/C(C#N)=C(\C#N)C#Cc2ccc(N(C)C)cc2)cc1. The smallest absolute Gasteiger partial charge is 0.128 e. The van der Waals surface area contributed by atoms with Gasteiger partial charge in [-0.05, 0) is 60.4 Å². The molecule has 0 atom stereocenters. The molecular formula is C24H20N4. The number of rotatable bonds is 2. The molecule has 2 aromatic rings. The van der Waals surface area contributed by atoms with E-state index < -0.39 is 0 Å². The van der Waals surface area contributed by atoms with Crippen molar-refractivity contribution in [2.75, 3.05) is 38.0 Å². The molecular weight excluding hydrogens is 344 g/mol. The Balaban J connectivity index is 2.29. The Kier molecular flexibility index (Phi) is 6.88. The lowest BCUT2D eigenvalue weighted by Crippen LogP contribution is -2.07. The Morgan fingerprint density at radius 3 is 1.18 bits per heavy atom. The number of nitrogens with zero attached hydrogens (tertiary/aromatic N) is 4. The predicted octanol–water partition coefficient (Wildman–Crippen LogP) is 3.57. The molecule has 4 heteroatoms. The Bertz CT molecular complexity index is 977. The standard InChI is InChI=1S/C24H20N4/c1-27(2)23-13-7-19(8-14-23)5-11-21(17-25)22(18-26)12-6-20-9-15-24(16-10-20)28(3)4/h7-10,13-16H,1-4H3/b22-21+. The van der Waals surface area contributed by atoms with Crippen molar-refractivity contribution < 1.29 is 0 Å². The van der Waals surface area contributed by atoms with E-state index in [4.69, 9.17) is 0 Å². The van der Waals surface area contributed by atoms with Crippen LogP contribution in [0.4, 0.5) is 11.4 Å². The first kappa shape index (κ1) is 20.2. The quantitative estimate of drug-likeness (QED) is 0.604. The third kappa shape index (κ3) is 5.44. The fourth-order valence-corrected chi connectivity index (χ4v) is 2.25. The lowest BCUT2D eigenvalue weighted by Gasteiger charge is -2.11. The molecule has 0 saturated heterocycles. The molecule has 4 nitrogen and oxygen atoms in total. The van der Waals surface area contributed by atoms with E-state index in [9.17, 15) is 10.5 Å². The predicted molar refractivity (Wildman–Crippen MR) is 114 cm³/mol. The minimum absolute atomic E-state index is 0.0663. The molecule has 0 N–H and O–H groups in total. The van der Waals surface area contributed by atoms with Crippen LogP contribution in [-0.4, -0.2) is 28.2 Å². The van der Waals surface area contributed by atoms with Gasteiger partial charge in [0.05, 0.1) is 0 Å². The molecule has 0 amide bonds. The highest BCUT2D eigenvalue weighted by Crippen LogP contribution is 2.13. The molecule has 2 aromatic carbocycles. The van der Waals surface area contributed by atoms with E-state index in [0.717, 1.165) is 22.5 Å². The largest absolute Gasteiger partial charge is 0.378 e. The summed E-state index contributed by atoms with van der Waals surface area (Å²) in [4.78, 5) is 3.98. The van der Waals surface area contributed by atoms with E-state index in [1.54, 1.807) is 0 Å². The van der Waals surface area contributed by atoms with Crippen molar-refractivity contribution in [2.45, 2.75) is 0 Å². The molecule has 0 fully saturated rings. The molecule has 0 saturated carbocycles. The average molecular weight is 364 g/mol. The molecule has 136 valence electrons. The molecule has 0 heterocycles. The van der Waals surface area contributed by atoms with Crippen molar-refractivity contribution in [1.29, 1.82) is 10.5 Å². The highest BCUT2D eigenvalue weighted by Gasteiger charge is 2.01. The average Bonchev–Trinajstić information content (AvgIpc) is 2.71. The highest BCUT2D eigenvalue weighted by molar-refractivity contribution is 5.61. The van der Waals surface area contributed by atoms with Crippen molar-refractivity contribution in [3.05, 3.63) is 70.8 Å². The summed E-state index contributed by atoms with van der Waals surface area (Å²) in [5.74, 6) is 11.4. The number of benzene rings is 2. The van der Waals surface area contributed by atoms with Crippen molar-refractivity contribution >= 4 is 11.4 Å². The van der Waals surface area contributed by atoms with Gasteiger partial charge in [-0.3, -0.25) is 0 Å². The Morgan fingerprint density at radius 2 is 0.929 bits per heavy atom. The summed E-state index contributed by atoms with van der Waals surface area (Å²) in [5.41, 5.74) is 3.79. The van der Waals surface area contributed by atoms with Gasteiger partial charge in [-0.1, -0.05) is 11.8 Å². The number of nitriles is 2. The third-order valence-electron chi connectivity index (χ3n) is 3.90. The van der Waals surface area contributed by atoms with Crippen LogP contribution in [0.5, 0.6) is 0 Å². The molecule has 28 heavy (non-hydrogen) atoms. The maximum absolute atomic E-state index is 9.38. The molecule has 2 rings (SSSR count). The lowest BCUT2D eigenvalue weighted by molar-refractivity contribution is 1.13. The molecule has 0 aliphatic heterocycles. The van der Waals surface area contributed by atoms with Gasteiger partial charge in [-0.15, -0.1) is 0 Å². The zero-order valence-corrected chi connectivity index (χ0v) is 16.4. The van der Waals surface area contributed by atoms with Gasteiger partial charge in [0.1, 0.15) is 23.3 Å². The first-order valence-electron chi connectivity index (χ1n) is 8.58. The van der Waals surface area contributed by atoms with Crippen LogP contribution in [0.15, 0.2) is 59.7 Å². The van der Waals surface area contributed by atoms with Crippen LogP contribution in [0.1, 0.15) is 11.1 Å². The molecule has 0 radical (unpaired) electrons. The van der Waals surface area contributed by atoms with Gasteiger partial charge in [0, 0.05) is 50.7 Å². The van der Waals surface area contributed by atoms with Crippen LogP contribution in [0, 0.1) is 46.3 Å². The van der Waals surface area contributed by atoms with Gasteiger partial charge in [-0.2, -0.15) is 10.5 Å². The maximum Gasteiger partial charge on any atom is 0.128 e. The van der Waals surface area contributed by atoms with Crippen LogP contribution in [0.2, 0.25) is 0 Å². The zero-order valence-electron chi connectivity index (χ0n) is 16.4. The lowest BCUT2D eigenvalue weighted by atomic mass is 10.1. The molecule has 0 spiro atoms. The van der Waals surface area contributed by atoms with Gasteiger partial charge in [0.15, 0.2) is 0 Å². The fourth-order valence-electron chi connectivity index (χ4n) is 2.25. The van der Waals surface area contributed by atoms with Crippen molar-refractivity contribution in [3.8, 4) is 35.8 Å². The number of allylic oxidation sites excluding steroid dienone is 2. The molecule has 0 aromatic heterocycles. The van der Waals surface area contributed by atoms with Crippen molar-refractivity contribution in [1.82, 2.24) is 0 Å². The molecule has 0 aliphatic carbocycles. The van der Waals surface area contributed by atoms with Gasteiger partial charge in [0.25, 0.3) is 0 Å². The Hall–Kier alpha value is -4.12. The van der Waals surface area contributed by atoms with Gasteiger partial charge < -0.3 is 9.80 Å². The summed E-state index contributed by atoms with van der Waals surface area (Å²) < 4.78 is 0. The minimum Gasteiger partial charge on any atom is -0.378 e.